The van der Waals surface area contributed by atoms with Crippen molar-refractivity contribution < 1.29 is 38.0 Å². The van der Waals surface area contributed by atoms with Crippen LogP contribution in [0.2, 0.25) is 0 Å². The molecule has 2 bridgehead atoms. The lowest BCUT2D eigenvalue weighted by Gasteiger charge is -2.64. The third-order valence-corrected chi connectivity index (χ3v) is 12.3. The van der Waals surface area contributed by atoms with Crippen LogP contribution in [0.15, 0.2) is 24.3 Å². The number of nitrogens with zero attached hydrogens (tertiary/aromatic N) is 2. The maximum absolute atomic E-state index is 14.5. The Hall–Kier alpha value is -3.32. The van der Waals surface area contributed by atoms with Crippen molar-refractivity contribution in [2.45, 2.75) is 149 Å². The number of likely N-dealkylation sites (tertiary alicyclic amines) is 1. The Labute approximate surface area is 309 Å². The maximum Gasteiger partial charge on any atom is 0.481 e. The van der Waals surface area contributed by atoms with Gasteiger partial charge in [-0.05, 0) is 87.2 Å². The Morgan fingerprint density at radius 1 is 1.00 bits per heavy atom. The smallest absolute Gasteiger partial charge is 0.444 e. The molecule has 3 saturated carbocycles. The van der Waals surface area contributed by atoms with Crippen molar-refractivity contribution in [2.24, 2.45) is 22.7 Å². The average molecular weight is 723 g/mol. The molecule has 8 atom stereocenters. The molecule has 6 aliphatic rings. The Morgan fingerprint density at radius 3 is 2.33 bits per heavy atom. The summed E-state index contributed by atoms with van der Waals surface area (Å²) in [6.45, 7) is 20.5. The number of nitrogens with one attached hydrogen (secondary N) is 2. The number of alkyl carbamates (subject to hydrolysis) is 1. The molecule has 12 nitrogen and oxygen atoms in total. The number of carbonyl (C=O) groups is 4. The zero-order chi connectivity index (χ0) is 38.0. The Kier molecular flexibility index (Phi) is 10.2. The number of benzene rings is 1. The highest BCUT2D eigenvalue weighted by Crippen LogP contribution is 2.65. The number of fused-ring (bicyclic) bond motifs is 1. The topological polar surface area (TPSA) is 136 Å². The first-order chi connectivity index (χ1) is 24.2. The summed E-state index contributed by atoms with van der Waals surface area (Å²) in [6.07, 6.45) is 1.45. The van der Waals surface area contributed by atoms with E-state index in [0.717, 1.165) is 24.8 Å². The van der Waals surface area contributed by atoms with Crippen molar-refractivity contribution in [1.29, 1.82) is 0 Å². The van der Waals surface area contributed by atoms with Crippen LogP contribution in [0, 0.1) is 22.7 Å². The van der Waals surface area contributed by atoms with Crippen LogP contribution in [0.1, 0.15) is 106 Å². The summed E-state index contributed by atoms with van der Waals surface area (Å²) in [5.74, 6) is -0.325. The number of hydrogen-bond acceptors (Lipinski definition) is 8. The molecule has 13 heteroatoms. The number of rotatable bonds is 7. The molecule has 0 aromatic heterocycles. The van der Waals surface area contributed by atoms with Crippen LogP contribution < -0.4 is 10.6 Å². The Balaban J connectivity index is 1.20. The normalized spacial score (nSPS) is 30.3. The number of carbonyl (C=O) groups excluding carboxylic acids is 4. The highest BCUT2D eigenvalue weighted by Gasteiger charge is 2.68. The van der Waals surface area contributed by atoms with Crippen molar-refractivity contribution in [3.63, 3.8) is 0 Å². The monoisotopic (exact) mass is 722 g/mol. The van der Waals surface area contributed by atoms with Crippen molar-refractivity contribution in [1.82, 2.24) is 20.4 Å². The zero-order valence-electron chi connectivity index (χ0n) is 32.7. The van der Waals surface area contributed by atoms with E-state index in [9.17, 15) is 19.2 Å². The fourth-order valence-electron chi connectivity index (χ4n) is 9.20. The van der Waals surface area contributed by atoms with Crippen LogP contribution in [0.25, 0.3) is 0 Å². The van der Waals surface area contributed by atoms with Gasteiger partial charge in [0.2, 0.25) is 11.8 Å². The van der Waals surface area contributed by atoms with Gasteiger partial charge in [0, 0.05) is 19.5 Å². The van der Waals surface area contributed by atoms with Gasteiger partial charge in [0.25, 0.3) is 0 Å². The number of hydrogen-bond donors (Lipinski definition) is 2. The number of amides is 4. The van der Waals surface area contributed by atoms with Crippen LogP contribution in [-0.2, 0) is 41.3 Å². The zero-order valence-corrected chi connectivity index (χ0v) is 32.7. The van der Waals surface area contributed by atoms with Crippen LogP contribution in [0.4, 0.5) is 9.59 Å². The summed E-state index contributed by atoms with van der Waals surface area (Å²) >= 11 is 0. The minimum absolute atomic E-state index is 0.00117. The maximum atomic E-state index is 14.5. The molecule has 2 N–H and O–H groups in total. The Morgan fingerprint density at radius 2 is 1.69 bits per heavy atom. The summed E-state index contributed by atoms with van der Waals surface area (Å²) in [7, 11) is -0.628. The first kappa shape index (κ1) is 38.4. The van der Waals surface area contributed by atoms with E-state index in [4.69, 9.17) is 18.8 Å². The Bertz CT molecular complexity index is 1560. The summed E-state index contributed by atoms with van der Waals surface area (Å²) in [4.78, 5) is 58.4. The molecule has 3 heterocycles. The summed E-state index contributed by atoms with van der Waals surface area (Å²) in [6, 6.07) is 6.05. The summed E-state index contributed by atoms with van der Waals surface area (Å²) in [5, 5.41) is 5.93. The minimum atomic E-state index is -1.02. The highest BCUT2D eigenvalue weighted by atomic mass is 16.7. The van der Waals surface area contributed by atoms with E-state index >= 15 is 0 Å². The molecule has 5 fully saturated rings. The molecule has 1 aromatic rings. The summed E-state index contributed by atoms with van der Waals surface area (Å²) in [5.41, 5.74) is 0.523. The van der Waals surface area contributed by atoms with Crippen molar-refractivity contribution >= 4 is 31.1 Å². The van der Waals surface area contributed by atoms with E-state index in [2.05, 4.69) is 37.5 Å². The van der Waals surface area contributed by atoms with Gasteiger partial charge in [-0.15, -0.1) is 0 Å². The van der Waals surface area contributed by atoms with Gasteiger partial charge < -0.3 is 39.2 Å². The summed E-state index contributed by atoms with van der Waals surface area (Å²) < 4.78 is 24.8. The van der Waals surface area contributed by atoms with E-state index in [1.165, 1.54) is 10.5 Å². The van der Waals surface area contributed by atoms with Gasteiger partial charge in [-0.25, -0.2) is 9.59 Å². The molecule has 3 aliphatic carbocycles. The second-order valence-corrected chi connectivity index (χ2v) is 18.5. The quantitative estimate of drug-likeness (QED) is 0.365. The van der Waals surface area contributed by atoms with Crippen molar-refractivity contribution in [3.8, 4) is 0 Å². The van der Waals surface area contributed by atoms with E-state index in [1.807, 2.05) is 45.9 Å². The largest absolute Gasteiger partial charge is 0.481 e. The SMILES string of the molecule is CC[C@H](NC(=O)[C@@H]1C[C@@H](OC(=O)N2CCc3ccccc3C2)CN1C(=O)[C@@H](NC(=O)OC(C)(C)C)C(C)(C)C)B1O[C@@H]2C[C@H]3C[C@H](C3(C)C)[C@]2(C)O1. The molecule has 2 saturated heterocycles. The van der Waals surface area contributed by atoms with Gasteiger partial charge in [0.15, 0.2) is 0 Å². The molecule has 0 spiro atoms. The highest BCUT2D eigenvalue weighted by molar-refractivity contribution is 6.47. The molecule has 3 aliphatic heterocycles. The molecule has 0 radical (unpaired) electrons. The van der Waals surface area contributed by atoms with E-state index in [0.29, 0.717) is 31.3 Å². The van der Waals surface area contributed by atoms with E-state index in [1.54, 1.807) is 25.7 Å². The van der Waals surface area contributed by atoms with Crippen LogP contribution in [0.3, 0.4) is 0 Å². The third-order valence-electron chi connectivity index (χ3n) is 12.3. The van der Waals surface area contributed by atoms with Crippen molar-refractivity contribution in [2.75, 3.05) is 13.1 Å². The standard InChI is InChI=1S/C39H59BN4O8/c1-11-30(40-51-29-19-25-18-28(38(25,8)9)39(29,10)52-40)41-32(45)27-20-26(49-35(48)43-17-16-23-14-12-13-15-24(23)21-43)22-44(27)33(46)31(36(2,3)4)42-34(47)50-37(5,6)7/h12-15,25-31H,11,16-22H2,1-10H3,(H,41,45)(H,42,47)/t25-,26-,27+,28-,29-,30+,31-,39+/m1/s1. The first-order valence-electron chi connectivity index (χ1n) is 19.2. The molecule has 4 amide bonds. The van der Waals surface area contributed by atoms with Gasteiger partial charge in [-0.2, -0.15) is 0 Å². The van der Waals surface area contributed by atoms with E-state index in [-0.39, 0.29) is 30.4 Å². The van der Waals surface area contributed by atoms with Crippen LogP contribution >= 0.6 is 0 Å². The van der Waals surface area contributed by atoms with Crippen LogP contribution in [0.5, 0.6) is 0 Å². The molecular formula is C39H59BN4O8. The lowest BCUT2D eigenvalue weighted by molar-refractivity contribution is -0.199. The third kappa shape index (κ3) is 7.41. The fraction of sp³-hybridized carbons (Fsp3) is 0.744. The average Bonchev–Trinajstić information content (AvgIpc) is 3.64. The van der Waals surface area contributed by atoms with Crippen molar-refractivity contribution in [3.05, 3.63) is 35.4 Å². The molecule has 1 aromatic carbocycles. The lowest BCUT2D eigenvalue weighted by Crippen LogP contribution is -2.65. The second-order valence-electron chi connectivity index (χ2n) is 18.5. The molecule has 0 unspecified atom stereocenters. The van der Waals surface area contributed by atoms with E-state index < -0.39 is 66.0 Å². The first-order valence-corrected chi connectivity index (χ1v) is 19.2. The van der Waals surface area contributed by atoms with Gasteiger partial charge in [0.05, 0.1) is 24.2 Å². The predicted octanol–water partition coefficient (Wildman–Crippen LogP) is 5.25. The fourth-order valence-corrected chi connectivity index (χ4v) is 9.20. The molecule has 7 rings (SSSR count). The van der Waals surface area contributed by atoms with Gasteiger partial charge in [-0.1, -0.05) is 65.8 Å². The second kappa shape index (κ2) is 13.8. The predicted molar refractivity (Wildman–Crippen MR) is 196 cm³/mol. The van der Waals surface area contributed by atoms with Gasteiger partial charge in [-0.3, -0.25) is 9.59 Å². The molecule has 286 valence electrons. The van der Waals surface area contributed by atoms with Gasteiger partial charge >= 0.3 is 19.3 Å². The number of ether oxygens (including phenoxy) is 2. The lowest BCUT2D eigenvalue weighted by atomic mass is 9.43. The van der Waals surface area contributed by atoms with Crippen LogP contribution in [-0.4, -0.2) is 95.4 Å². The molecular weight excluding hydrogens is 663 g/mol. The van der Waals surface area contributed by atoms with Gasteiger partial charge in [0.1, 0.15) is 23.8 Å². The minimum Gasteiger partial charge on any atom is -0.444 e. The molecule has 52 heavy (non-hydrogen) atoms.